The SMILES string of the molecule is CCc1ccc(CC)c(-n2nc3ccc(Cl)cc3n2)c1. The van der Waals surface area contributed by atoms with Crippen molar-refractivity contribution in [2.75, 3.05) is 0 Å². The lowest BCUT2D eigenvalue weighted by molar-refractivity contribution is 0.754. The second-order valence-electron chi connectivity index (χ2n) is 4.79. The van der Waals surface area contributed by atoms with Crippen LogP contribution in [0.15, 0.2) is 36.4 Å². The van der Waals surface area contributed by atoms with E-state index >= 15 is 0 Å². The Labute approximate surface area is 123 Å². The molecule has 20 heavy (non-hydrogen) atoms. The molecule has 1 aromatic heterocycles. The van der Waals surface area contributed by atoms with Crippen molar-refractivity contribution in [1.82, 2.24) is 15.0 Å². The Hall–Kier alpha value is -1.87. The van der Waals surface area contributed by atoms with E-state index in [2.05, 4.69) is 42.2 Å². The van der Waals surface area contributed by atoms with Crippen molar-refractivity contribution in [3.8, 4) is 5.69 Å². The maximum atomic E-state index is 6.00. The summed E-state index contributed by atoms with van der Waals surface area (Å²) in [6.07, 6.45) is 1.96. The molecule has 3 nitrogen and oxygen atoms in total. The summed E-state index contributed by atoms with van der Waals surface area (Å²) in [6.45, 7) is 4.29. The fraction of sp³-hybridized carbons (Fsp3) is 0.250. The zero-order valence-corrected chi connectivity index (χ0v) is 12.4. The normalized spacial score (nSPS) is 11.2. The van der Waals surface area contributed by atoms with Gasteiger partial charge in [-0.05, 0) is 48.2 Å². The molecule has 0 unspecified atom stereocenters. The van der Waals surface area contributed by atoms with E-state index in [-0.39, 0.29) is 0 Å². The summed E-state index contributed by atoms with van der Waals surface area (Å²) in [5.41, 5.74) is 5.27. The molecule has 4 heteroatoms. The molecular formula is C16H16ClN3. The molecule has 0 aliphatic carbocycles. The van der Waals surface area contributed by atoms with Crippen LogP contribution in [0.5, 0.6) is 0 Å². The second kappa shape index (κ2) is 5.25. The molecule has 3 aromatic rings. The highest BCUT2D eigenvalue weighted by molar-refractivity contribution is 6.31. The molecule has 0 aliphatic heterocycles. The molecule has 0 N–H and O–H groups in total. The molecular weight excluding hydrogens is 270 g/mol. The lowest BCUT2D eigenvalue weighted by Gasteiger charge is -2.08. The molecule has 0 saturated heterocycles. The molecule has 0 spiro atoms. The molecule has 3 rings (SSSR count). The van der Waals surface area contributed by atoms with E-state index in [4.69, 9.17) is 11.6 Å². The number of rotatable bonds is 3. The van der Waals surface area contributed by atoms with Crippen LogP contribution < -0.4 is 0 Å². The zero-order valence-electron chi connectivity index (χ0n) is 11.6. The third kappa shape index (κ3) is 2.29. The van der Waals surface area contributed by atoms with Gasteiger partial charge >= 0.3 is 0 Å². The van der Waals surface area contributed by atoms with Crippen LogP contribution in [0, 0.1) is 0 Å². The van der Waals surface area contributed by atoms with Crippen LogP contribution in [0.4, 0.5) is 0 Å². The van der Waals surface area contributed by atoms with Crippen LogP contribution in [-0.4, -0.2) is 15.0 Å². The van der Waals surface area contributed by atoms with Gasteiger partial charge in [0.25, 0.3) is 0 Å². The van der Waals surface area contributed by atoms with Crippen molar-refractivity contribution in [2.45, 2.75) is 26.7 Å². The van der Waals surface area contributed by atoms with E-state index in [1.54, 1.807) is 4.80 Å². The van der Waals surface area contributed by atoms with Gasteiger partial charge in [-0.15, -0.1) is 10.2 Å². The van der Waals surface area contributed by atoms with Crippen LogP contribution in [0.2, 0.25) is 5.02 Å². The first-order valence-electron chi connectivity index (χ1n) is 6.86. The van der Waals surface area contributed by atoms with Gasteiger partial charge in [0, 0.05) is 5.02 Å². The van der Waals surface area contributed by atoms with E-state index in [0.29, 0.717) is 5.02 Å². The maximum absolute atomic E-state index is 6.00. The first-order chi connectivity index (χ1) is 9.71. The van der Waals surface area contributed by atoms with E-state index in [0.717, 1.165) is 29.6 Å². The quantitative estimate of drug-likeness (QED) is 0.722. The average molecular weight is 286 g/mol. The van der Waals surface area contributed by atoms with Gasteiger partial charge in [0.15, 0.2) is 0 Å². The molecule has 0 aliphatic rings. The topological polar surface area (TPSA) is 30.7 Å². The van der Waals surface area contributed by atoms with E-state index in [1.165, 1.54) is 11.1 Å². The third-order valence-corrected chi connectivity index (χ3v) is 3.73. The minimum Gasteiger partial charge on any atom is -0.150 e. The maximum Gasteiger partial charge on any atom is 0.115 e. The highest BCUT2D eigenvalue weighted by atomic mass is 35.5. The number of aryl methyl sites for hydroxylation is 2. The van der Waals surface area contributed by atoms with Gasteiger partial charge in [-0.3, -0.25) is 0 Å². The van der Waals surface area contributed by atoms with Gasteiger partial charge in [0.05, 0.1) is 5.69 Å². The summed E-state index contributed by atoms with van der Waals surface area (Å²) >= 11 is 6.00. The monoisotopic (exact) mass is 285 g/mol. The van der Waals surface area contributed by atoms with Gasteiger partial charge in [-0.1, -0.05) is 37.6 Å². The predicted octanol–water partition coefficient (Wildman–Crippen LogP) is 4.20. The molecule has 2 aromatic carbocycles. The van der Waals surface area contributed by atoms with Crippen LogP contribution in [-0.2, 0) is 12.8 Å². The smallest absolute Gasteiger partial charge is 0.115 e. The lowest BCUT2D eigenvalue weighted by Crippen LogP contribution is -2.03. The predicted molar refractivity (Wildman–Crippen MR) is 82.6 cm³/mol. The highest BCUT2D eigenvalue weighted by Gasteiger charge is 2.09. The van der Waals surface area contributed by atoms with Crippen molar-refractivity contribution < 1.29 is 0 Å². The average Bonchev–Trinajstić information content (AvgIpc) is 2.89. The van der Waals surface area contributed by atoms with Crippen molar-refractivity contribution in [3.05, 3.63) is 52.5 Å². The summed E-state index contributed by atoms with van der Waals surface area (Å²) in [5, 5.41) is 9.79. The first kappa shape index (κ1) is 13.1. The number of aromatic nitrogens is 3. The summed E-state index contributed by atoms with van der Waals surface area (Å²) in [7, 11) is 0. The lowest BCUT2D eigenvalue weighted by atomic mass is 10.1. The van der Waals surface area contributed by atoms with Crippen molar-refractivity contribution in [1.29, 1.82) is 0 Å². The number of benzene rings is 2. The van der Waals surface area contributed by atoms with Gasteiger partial charge < -0.3 is 0 Å². The first-order valence-corrected chi connectivity index (χ1v) is 7.24. The van der Waals surface area contributed by atoms with Gasteiger partial charge in [0.2, 0.25) is 0 Å². The van der Waals surface area contributed by atoms with Crippen LogP contribution in [0.1, 0.15) is 25.0 Å². The van der Waals surface area contributed by atoms with Gasteiger partial charge in [-0.2, -0.15) is 4.80 Å². The standard InChI is InChI=1S/C16H16ClN3/c1-3-11-5-6-12(4-2)16(9-11)20-18-14-8-7-13(17)10-15(14)19-20/h5-10H,3-4H2,1-2H3. The van der Waals surface area contributed by atoms with E-state index < -0.39 is 0 Å². The molecule has 0 atom stereocenters. The Morgan fingerprint density at radius 2 is 1.75 bits per heavy atom. The largest absolute Gasteiger partial charge is 0.150 e. The van der Waals surface area contributed by atoms with Gasteiger partial charge in [0.1, 0.15) is 11.0 Å². The Bertz CT molecular complexity index is 762. The highest BCUT2D eigenvalue weighted by Crippen LogP contribution is 2.20. The third-order valence-electron chi connectivity index (χ3n) is 3.50. The molecule has 0 amide bonds. The zero-order chi connectivity index (χ0) is 14.1. The number of nitrogens with zero attached hydrogens (tertiary/aromatic N) is 3. The molecule has 0 bridgehead atoms. The molecule has 0 fully saturated rings. The fourth-order valence-electron chi connectivity index (χ4n) is 2.31. The Morgan fingerprint density at radius 3 is 2.50 bits per heavy atom. The van der Waals surface area contributed by atoms with Crippen LogP contribution >= 0.6 is 11.6 Å². The summed E-state index contributed by atoms with van der Waals surface area (Å²) < 4.78 is 0. The van der Waals surface area contributed by atoms with Crippen molar-refractivity contribution in [3.63, 3.8) is 0 Å². The Balaban J connectivity index is 2.18. The minimum absolute atomic E-state index is 0.683. The minimum atomic E-state index is 0.683. The molecule has 0 radical (unpaired) electrons. The van der Waals surface area contributed by atoms with Crippen LogP contribution in [0.25, 0.3) is 16.7 Å². The number of hydrogen-bond acceptors (Lipinski definition) is 2. The second-order valence-corrected chi connectivity index (χ2v) is 5.23. The van der Waals surface area contributed by atoms with Crippen LogP contribution in [0.3, 0.4) is 0 Å². The number of halogens is 1. The fourth-order valence-corrected chi connectivity index (χ4v) is 2.48. The Morgan fingerprint density at radius 1 is 0.950 bits per heavy atom. The molecule has 0 saturated carbocycles. The van der Waals surface area contributed by atoms with E-state index in [1.807, 2.05) is 18.2 Å². The number of hydrogen-bond donors (Lipinski definition) is 0. The van der Waals surface area contributed by atoms with Crippen molar-refractivity contribution >= 4 is 22.6 Å². The Kier molecular flexibility index (Phi) is 3.45. The summed E-state index contributed by atoms with van der Waals surface area (Å²) in [4.78, 5) is 1.72. The van der Waals surface area contributed by atoms with Crippen molar-refractivity contribution in [2.24, 2.45) is 0 Å². The summed E-state index contributed by atoms with van der Waals surface area (Å²) in [5.74, 6) is 0. The molecule has 1 heterocycles. The summed E-state index contributed by atoms with van der Waals surface area (Å²) in [6, 6.07) is 12.1. The number of fused-ring (bicyclic) bond motifs is 1. The van der Waals surface area contributed by atoms with E-state index in [9.17, 15) is 0 Å². The van der Waals surface area contributed by atoms with Gasteiger partial charge in [-0.25, -0.2) is 0 Å². The molecule has 102 valence electrons.